The Bertz CT molecular complexity index is 981. The first-order chi connectivity index (χ1) is 16.6. The highest BCUT2D eigenvalue weighted by molar-refractivity contribution is 7.81. The minimum Gasteiger partial charge on any atom is -0.394 e. The summed E-state index contributed by atoms with van der Waals surface area (Å²) in [6, 6.07) is 0. The third-order valence-corrected chi connectivity index (χ3v) is 8.62. The van der Waals surface area contributed by atoms with Crippen LogP contribution in [0.25, 0.3) is 0 Å². The number of hydrogen-bond donors (Lipinski definition) is 8. The molecule has 16 nitrogen and oxygen atoms in total. The summed E-state index contributed by atoms with van der Waals surface area (Å²) < 4.78 is 48.8. The molecule has 19 heteroatoms. The van der Waals surface area contributed by atoms with Crippen LogP contribution >= 0.6 is 28.3 Å². The molecule has 0 aliphatic carbocycles. The molecule has 3 rings (SSSR count). The largest absolute Gasteiger partial charge is 0.483 e. The molecule has 10 atom stereocenters. The Morgan fingerprint density at radius 1 is 1.19 bits per heavy atom. The predicted octanol–water partition coefficient (Wildman–Crippen LogP) is -1.74. The zero-order valence-corrected chi connectivity index (χ0v) is 21.4. The van der Waals surface area contributed by atoms with Crippen molar-refractivity contribution >= 4 is 34.2 Å². The molecule has 2 saturated heterocycles. The lowest BCUT2D eigenvalue weighted by Gasteiger charge is -2.40. The van der Waals surface area contributed by atoms with E-state index in [-0.39, 0.29) is 18.1 Å². The van der Waals surface area contributed by atoms with Crippen molar-refractivity contribution in [1.29, 1.82) is 0 Å². The first-order valence-electron chi connectivity index (χ1n) is 10.4. The number of aliphatic hydroxyl groups excluding tert-OH is 4. The normalized spacial score (nSPS) is 38.8. The van der Waals surface area contributed by atoms with Gasteiger partial charge in [0.1, 0.15) is 30.4 Å². The number of nitrogens with zero attached hydrogens (tertiary/aromatic N) is 1. The average molecular weight is 578 g/mol. The Balaban J connectivity index is 1.56. The number of carbonyl (C=O) groups is 1. The van der Waals surface area contributed by atoms with E-state index in [4.69, 9.17) is 14.0 Å². The summed E-state index contributed by atoms with van der Waals surface area (Å²) in [5.41, 5.74) is 0.352. The molecule has 0 aromatic rings. The number of thiol groups is 1. The van der Waals surface area contributed by atoms with Gasteiger partial charge in [0.2, 0.25) is 0 Å². The first kappa shape index (κ1) is 29.7. The monoisotopic (exact) mass is 578 g/mol. The molecule has 2 fully saturated rings. The number of hydrogen-bond acceptors (Lipinski definition) is 14. The Morgan fingerprint density at radius 2 is 1.86 bits per heavy atom. The topological polar surface area (TPSA) is 234 Å². The maximum atomic E-state index is 12.3. The van der Waals surface area contributed by atoms with Crippen molar-refractivity contribution < 1.29 is 67.0 Å². The number of carbonyl (C=O) groups excluding carboxylic acids is 1. The zero-order valence-electron chi connectivity index (χ0n) is 18.8. The highest BCUT2D eigenvalue weighted by atomic mass is 32.1. The second-order valence-electron chi connectivity index (χ2n) is 8.17. The van der Waals surface area contributed by atoms with Gasteiger partial charge in [-0.05, 0) is 6.92 Å². The Labute approximate surface area is 210 Å². The Morgan fingerprint density at radius 3 is 2.50 bits per heavy atom. The molecule has 1 amide bonds. The van der Waals surface area contributed by atoms with Gasteiger partial charge >= 0.3 is 15.6 Å². The summed E-state index contributed by atoms with van der Waals surface area (Å²) in [5.74, 6) is -0.170. The molecule has 36 heavy (non-hydrogen) atoms. The van der Waals surface area contributed by atoms with E-state index < -0.39 is 77.1 Å². The smallest absolute Gasteiger partial charge is 0.394 e. The van der Waals surface area contributed by atoms with Crippen molar-refractivity contribution in [1.82, 2.24) is 10.2 Å². The minimum atomic E-state index is -5.39. The third-order valence-electron chi connectivity index (χ3n) is 5.47. The van der Waals surface area contributed by atoms with Gasteiger partial charge in [-0.2, -0.15) is 16.9 Å². The van der Waals surface area contributed by atoms with Gasteiger partial charge in [0, 0.05) is 18.2 Å². The fraction of sp³-hybridized carbons (Fsp3) is 0.706. The van der Waals surface area contributed by atoms with Crippen LogP contribution in [-0.4, -0.2) is 103 Å². The summed E-state index contributed by atoms with van der Waals surface area (Å²) in [4.78, 5) is 32.9. The molecule has 7 N–H and O–H groups in total. The molecule has 0 radical (unpaired) electrons. The molecule has 0 aromatic heterocycles. The SMILES string of the molecule is C=C1NC(=O)C(C)=CN1[C@H]1CC(O)[C@@H](COP(=O)(O)OP(=O)(O)O[C@@H]2OC(CO)[C@H](O)[C@H](O)C2S)O1. The van der Waals surface area contributed by atoms with Crippen molar-refractivity contribution in [2.75, 3.05) is 13.2 Å². The molecule has 206 valence electrons. The van der Waals surface area contributed by atoms with E-state index in [1.54, 1.807) is 6.92 Å². The van der Waals surface area contributed by atoms with Crippen molar-refractivity contribution in [2.24, 2.45) is 0 Å². The summed E-state index contributed by atoms with van der Waals surface area (Å²) in [6.45, 7) is 3.72. The van der Waals surface area contributed by atoms with Crippen LogP contribution in [-0.2, 0) is 36.8 Å². The summed E-state index contributed by atoms with van der Waals surface area (Å²) >= 11 is 3.92. The molecule has 5 unspecified atom stereocenters. The lowest BCUT2D eigenvalue weighted by molar-refractivity contribution is -0.228. The quantitative estimate of drug-likeness (QED) is 0.112. The van der Waals surface area contributed by atoms with E-state index in [1.807, 2.05) is 0 Å². The highest BCUT2D eigenvalue weighted by Crippen LogP contribution is 2.61. The second-order valence-corrected chi connectivity index (χ2v) is 11.8. The van der Waals surface area contributed by atoms with Gasteiger partial charge in [0.25, 0.3) is 5.91 Å². The molecule has 0 bridgehead atoms. The van der Waals surface area contributed by atoms with Crippen LogP contribution < -0.4 is 5.32 Å². The average Bonchev–Trinajstić information content (AvgIpc) is 3.14. The fourth-order valence-corrected chi connectivity index (χ4v) is 6.13. The standard InChI is InChI=1S/C17H28N2O14P2S/c1-7-4-19(8(2)18-16(7)24)12-3-9(21)11(30-12)6-29-34(25,26)33-35(27,28)32-17-15(36)14(23)13(22)10(5-20)31-17/h4,9-15,17,20-23,36H,2-3,5-6H2,1H3,(H,18,24)(H,25,26)(H,27,28)/t9?,10?,11-,12-,13+,14+,15?,17+/m1/s1. The number of aliphatic hydroxyl groups is 4. The molecule has 3 aliphatic rings. The van der Waals surface area contributed by atoms with Crippen molar-refractivity contribution in [3.8, 4) is 0 Å². The highest BCUT2D eigenvalue weighted by Gasteiger charge is 2.48. The number of phosphoric ester groups is 2. The molecule has 3 heterocycles. The zero-order chi connectivity index (χ0) is 27.0. The number of rotatable bonds is 9. The van der Waals surface area contributed by atoms with Crippen molar-refractivity contribution in [2.45, 2.75) is 61.6 Å². The van der Waals surface area contributed by atoms with Crippen LogP contribution in [0.5, 0.6) is 0 Å². The molecular weight excluding hydrogens is 550 g/mol. The van der Waals surface area contributed by atoms with E-state index in [9.17, 15) is 44.1 Å². The molecule has 0 saturated carbocycles. The lowest BCUT2D eigenvalue weighted by atomic mass is 10.0. The minimum absolute atomic E-state index is 0.00738. The third kappa shape index (κ3) is 6.95. The second kappa shape index (κ2) is 11.5. The van der Waals surface area contributed by atoms with Gasteiger partial charge in [0.05, 0.1) is 30.7 Å². The predicted molar refractivity (Wildman–Crippen MR) is 120 cm³/mol. The van der Waals surface area contributed by atoms with Gasteiger partial charge in [0.15, 0.2) is 6.29 Å². The Kier molecular flexibility index (Phi) is 9.46. The number of ether oxygens (including phenoxy) is 2. The van der Waals surface area contributed by atoms with Crippen LogP contribution in [0.3, 0.4) is 0 Å². The van der Waals surface area contributed by atoms with Crippen LogP contribution in [0.4, 0.5) is 0 Å². The number of amides is 1. The molecule has 0 spiro atoms. The van der Waals surface area contributed by atoms with E-state index >= 15 is 0 Å². The molecule has 3 aliphatic heterocycles. The van der Waals surface area contributed by atoms with Gasteiger partial charge in [-0.15, -0.1) is 0 Å². The van der Waals surface area contributed by atoms with Crippen LogP contribution in [0.1, 0.15) is 13.3 Å². The van der Waals surface area contributed by atoms with E-state index in [2.05, 4.69) is 33.4 Å². The summed E-state index contributed by atoms with van der Waals surface area (Å²) in [6.07, 6.45) is -8.13. The number of phosphoric acid groups is 2. The van der Waals surface area contributed by atoms with Crippen LogP contribution in [0.15, 0.2) is 24.2 Å². The maximum absolute atomic E-state index is 12.3. The Hall–Kier alpha value is -0.880. The summed E-state index contributed by atoms with van der Waals surface area (Å²) in [7, 11) is -10.7. The fourth-order valence-electron chi connectivity index (χ4n) is 3.56. The van der Waals surface area contributed by atoms with Gasteiger partial charge in [-0.25, -0.2) is 9.13 Å². The van der Waals surface area contributed by atoms with E-state index in [1.165, 1.54) is 11.1 Å². The van der Waals surface area contributed by atoms with Crippen molar-refractivity contribution in [3.05, 3.63) is 24.2 Å². The van der Waals surface area contributed by atoms with Crippen molar-refractivity contribution in [3.63, 3.8) is 0 Å². The van der Waals surface area contributed by atoms with Gasteiger partial charge in [-0.3, -0.25) is 13.8 Å². The molecule has 0 aromatic carbocycles. The van der Waals surface area contributed by atoms with Crippen LogP contribution in [0, 0.1) is 0 Å². The lowest BCUT2D eigenvalue weighted by Crippen LogP contribution is -2.57. The van der Waals surface area contributed by atoms with Gasteiger partial charge < -0.3 is 49.9 Å². The molecular formula is C17H28N2O14P2S. The van der Waals surface area contributed by atoms with Crippen LogP contribution in [0.2, 0.25) is 0 Å². The van der Waals surface area contributed by atoms with Gasteiger partial charge in [-0.1, -0.05) is 6.58 Å². The maximum Gasteiger partial charge on any atom is 0.483 e. The van der Waals surface area contributed by atoms with E-state index in [0.29, 0.717) is 5.57 Å². The van der Waals surface area contributed by atoms with E-state index in [0.717, 1.165) is 0 Å². The first-order valence-corrected chi connectivity index (χ1v) is 14.0. The summed E-state index contributed by atoms with van der Waals surface area (Å²) in [5, 5.41) is 40.3. The number of nitrogens with one attached hydrogen (secondary N) is 1.